The minimum absolute atomic E-state index is 0.0801. The zero-order valence-electron chi connectivity index (χ0n) is 11.7. The summed E-state index contributed by atoms with van der Waals surface area (Å²) in [4.78, 5) is 17.5. The van der Waals surface area contributed by atoms with Crippen molar-refractivity contribution in [1.82, 2.24) is 20.5 Å². The number of rotatable bonds is 6. The summed E-state index contributed by atoms with van der Waals surface area (Å²) in [5.74, 6) is 1.31. The Morgan fingerprint density at radius 1 is 1.48 bits per heavy atom. The second-order valence-electron chi connectivity index (χ2n) is 5.16. The van der Waals surface area contributed by atoms with E-state index in [1.807, 2.05) is 6.07 Å². The van der Waals surface area contributed by atoms with Crippen molar-refractivity contribution in [3.63, 3.8) is 0 Å². The Bertz CT molecular complexity index is 576. The Balaban J connectivity index is 1.44. The lowest BCUT2D eigenvalue weighted by Gasteiger charge is -2.10. The number of amides is 1. The molecule has 2 aromatic rings. The minimum atomic E-state index is 0.0801. The number of thiophene rings is 1. The molecule has 2 N–H and O–H groups in total. The summed E-state index contributed by atoms with van der Waals surface area (Å²) in [6.07, 6.45) is 5.44. The molecule has 5 nitrogen and oxygen atoms in total. The van der Waals surface area contributed by atoms with Crippen molar-refractivity contribution in [3.05, 3.63) is 28.2 Å². The largest absolute Gasteiger partial charge is 0.353 e. The van der Waals surface area contributed by atoms with Crippen molar-refractivity contribution in [3.8, 4) is 0 Å². The van der Waals surface area contributed by atoms with E-state index in [0.29, 0.717) is 17.0 Å². The van der Waals surface area contributed by atoms with Crippen molar-refractivity contribution in [2.24, 2.45) is 0 Å². The second-order valence-corrected chi connectivity index (χ2v) is 7.13. The number of carbonyl (C=O) groups is 1. The van der Waals surface area contributed by atoms with Gasteiger partial charge in [-0.2, -0.15) is 0 Å². The maximum absolute atomic E-state index is 11.8. The molecule has 1 fully saturated rings. The van der Waals surface area contributed by atoms with Crippen LogP contribution >= 0.6 is 23.1 Å². The van der Waals surface area contributed by atoms with E-state index in [1.54, 1.807) is 11.3 Å². The van der Waals surface area contributed by atoms with Gasteiger partial charge < -0.3 is 5.32 Å². The molecule has 1 aliphatic carbocycles. The summed E-state index contributed by atoms with van der Waals surface area (Å²) >= 11 is 3.09. The van der Waals surface area contributed by atoms with Crippen LogP contribution in [0.2, 0.25) is 0 Å². The molecule has 0 bridgehead atoms. The average molecular weight is 322 g/mol. The second kappa shape index (κ2) is 7.09. The molecule has 21 heavy (non-hydrogen) atoms. The molecular formula is C14H18N4OS2. The van der Waals surface area contributed by atoms with Gasteiger partial charge in [-0.05, 0) is 24.3 Å². The molecule has 2 heterocycles. The zero-order chi connectivity index (χ0) is 14.5. The summed E-state index contributed by atoms with van der Waals surface area (Å²) in [6.45, 7) is 0. The first-order valence-electron chi connectivity index (χ1n) is 7.15. The van der Waals surface area contributed by atoms with Crippen molar-refractivity contribution >= 4 is 29.0 Å². The predicted octanol–water partition coefficient (Wildman–Crippen LogP) is 2.61. The van der Waals surface area contributed by atoms with E-state index in [-0.39, 0.29) is 5.91 Å². The van der Waals surface area contributed by atoms with Crippen LogP contribution in [0.5, 0.6) is 0 Å². The Morgan fingerprint density at radius 3 is 3.10 bits per heavy atom. The van der Waals surface area contributed by atoms with Crippen LogP contribution in [0.25, 0.3) is 0 Å². The van der Waals surface area contributed by atoms with Gasteiger partial charge in [0.25, 0.3) is 0 Å². The summed E-state index contributed by atoms with van der Waals surface area (Å²) in [6, 6.07) is 4.48. The van der Waals surface area contributed by atoms with Crippen LogP contribution in [-0.4, -0.2) is 32.9 Å². The van der Waals surface area contributed by atoms with E-state index in [0.717, 1.165) is 25.1 Å². The first-order valence-corrected chi connectivity index (χ1v) is 9.02. The van der Waals surface area contributed by atoms with Gasteiger partial charge in [-0.25, -0.2) is 4.98 Å². The number of nitrogens with one attached hydrogen (secondary N) is 2. The summed E-state index contributed by atoms with van der Waals surface area (Å²) in [7, 11) is 0. The fourth-order valence-corrected chi connectivity index (χ4v) is 3.81. The molecule has 1 saturated carbocycles. The maximum atomic E-state index is 11.8. The van der Waals surface area contributed by atoms with Crippen LogP contribution in [0.15, 0.2) is 22.7 Å². The Kier molecular flexibility index (Phi) is 4.92. The molecule has 1 amide bonds. The van der Waals surface area contributed by atoms with Gasteiger partial charge in [-0.15, -0.1) is 16.4 Å². The Morgan fingerprint density at radius 2 is 2.33 bits per heavy atom. The van der Waals surface area contributed by atoms with Crippen LogP contribution in [-0.2, 0) is 11.2 Å². The van der Waals surface area contributed by atoms with Gasteiger partial charge >= 0.3 is 0 Å². The number of thioether (sulfide) groups is 1. The first kappa shape index (κ1) is 14.6. The summed E-state index contributed by atoms with van der Waals surface area (Å²) < 4.78 is 0. The topological polar surface area (TPSA) is 70.7 Å². The molecule has 0 radical (unpaired) electrons. The third-order valence-corrected chi connectivity index (χ3v) is 5.21. The standard InChI is InChI=1S/C14H18N4OS2/c19-13(15-10-4-1-2-5-10)9-21-14-16-12(17-18-14)8-11-6-3-7-20-11/h3,6-7,10H,1-2,4-5,8-9H2,(H,15,19)(H,16,17,18). The highest BCUT2D eigenvalue weighted by Gasteiger charge is 2.17. The molecular weight excluding hydrogens is 304 g/mol. The zero-order valence-corrected chi connectivity index (χ0v) is 13.3. The monoisotopic (exact) mass is 322 g/mol. The van der Waals surface area contributed by atoms with Crippen molar-refractivity contribution in [2.45, 2.75) is 43.3 Å². The lowest BCUT2D eigenvalue weighted by Crippen LogP contribution is -2.33. The molecule has 0 spiro atoms. The van der Waals surface area contributed by atoms with Crippen LogP contribution in [0.3, 0.4) is 0 Å². The number of aromatic amines is 1. The Labute approximate surface area is 131 Å². The lowest BCUT2D eigenvalue weighted by molar-refractivity contribution is -0.119. The third-order valence-electron chi connectivity index (χ3n) is 3.49. The number of H-pyrrole nitrogens is 1. The van der Waals surface area contributed by atoms with Crippen molar-refractivity contribution in [2.75, 3.05) is 5.75 Å². The van der Waals surface area contributed by atoms with Gasteiger partial charge in [-0.3, -0.25) is 9.89 Å². The molecule has 7 heteroatoms. The molecule has 3 rings (SSSR count). The van der Waals surface area contributed by atoms with E-state index in [9.17, 15) is 4.79 Å². The highest BCUT2D eigenvalue weighted by molar-refractivity contribution is 7.99. The lowest BCUT2D eigenvalue weighted by atomic mass is 10.2. The van der Waals surface area contributed by atoms with Gasteiger partial charge in [0.05, 0.1) is 5.75 Å². The van der Waals surface area contributed by atoms with E-state index >= 15 is 0 Å². The van der Waals surface area contributed by atoms with E-state index < -0.39 is 0 Å². The van der Waals surface area contributed by atoms with E-state index in [1.165, 1.54) is 29.5 Å². The van der Waals surface area contributed by atoms with Gasteiger partial charge in [0.2, 0.25) is 11.1 Å². The molecule has 1 aliphatic rings. The molecule has 0 aromatic carbocycles. The van der Waals surface area contributed by atoms with Crippen LogP contribution < -0.4 is 5.32 Å². The number of aromatic nitrogens is 3. The molecule has 2 aromatic heterocycles. The van der Waals surface area contributed by atoms with Crippen molar-refractivity contribution in [1.29, 1.82) is 0 Å². The smallest absolute Gasteiger partial charge is 0.230 e. The average Bonchev–Trinajstić information content (AvgIpc) is 3.19. The van der Waals surface area contributed by atoms with Gasteiger partial charge in [0.15, 0.2) is 0 Å². The normalized spacial score (nSPS) is 15.4. The maximum Gasteiger partial charge on any atom is 0.230 e. The SMILES string of the molecule is O=C(CSc1n[nH]c(Cc2cccs2)n1)NC1CCCC1. The van der Waals surface area contributed by atoms with E-state index in [2.05, 4.69) is 31.9 Å². The highest BCUT2D eigenvalue weighted by atomic mass is 32.2. The Hall–Kier alpha value is -1.34. The van der Waals surface area contributed by atoms with E-state index in [4.69, 9.17) is 0 Å². The number of carbonyl (C=O) groups excluding carboxylic acids is 1. The quantitative estimate of drug-likeness (QED) is 0.802. The highest BCUT2D eigenvalue weighted by Crippen LogP contribution is 2.19. The van der Waals surface area contributed by atoms with Crippen LogP contribution in [0, 0.1) is 0 Å². The molecule has 0 saturated heterocycles. The molecule has 0 aliphatic heterocycles. The molecule has 0 atom stereocenters. The fraction of sp³-hybridized carbons (Fsp3) is 0.500. The predicted molar refractivity (Wildman–Crippen MR) is 84.6 cm³/mol. The summed E-state index contributed by atoms with van der Waals surface area (Å²) in [5.41, 5.74) is 0. The first-order chi connectivity index (χ1) is 10.3. The minimum Gasteiger partial charge on any atom is -0.353 e. The number of hydrogen-bond donors (Lipinski definition) is 2. The molecule has 112 valence electrons. The van der Waals surface area contributed by atoms with Crippen LogP contribution in [0.1, 0.15) is 36.4 Å². The molecule has 0 unspecified atom stereocenters. The van der Waals surface area contributed by atoms with Gasteiger partial charge in [0.1, 0.15) is 5.82 Å². The number of hydrogen-bond acceptors (Lipinski definition) is 5. The number of nitrogens with zero attached hydrogens (tertiary/aromatic N) is 2. The third kappa shape index (κ3) is 4.31. The summed E-state index contributed by atoms with van der Waals surface area (Å²) in [5, 5.41) is 12.8. The van der Waals surface area contributed by atoms with Crippen LogP contribution in [0.4, 0.5) is 0 Å². The van der Waals surface area contributed by atoms with Crippen molar-refractivity contribution < 1.29 is 4.79 Å². The van der Waals surface area contributed by atoms with Gasteiger partial charge in [0, 0.05) is 17.3 Å². The fourth-order valence-electron chi connectivity index (χ4n) is 2.47. The van der Waals surface area contributed by atoms with Gasteiger partial charge in [-0.1, -0.05) is 30.7 Å².